The number of carbonyl (C=O) groups is 1. The highest BCUT2D eigenvalue weighted by Crippen LogP contribution is 2.17. The fourth-order valence-electron chi connectivity index (χ4n) is 3.46. The summed E-state index contributed by atoms with van der Waals surface area (Å²) in [5.74, 6) is 0. The van der Waals surface area contributed by atoms with Crippen molar-refractivity contribution in [2.75, 3.05) is 7.11 Å². The smallest absolute Gasteiger partial charge is 0.438 e. The third kappa shape index (κ3) is 18.1. The molecule has 0 bridgehead atoms. The summed E-state index contributed by atoms with van der Waals surface area (Å²) >= 11 is 0. The Bertz CT molecular complexity index is 271. The van der Waals surface area contributed by atoms with Crippen molar-refractivity contribution in [3.8, 4) is 0 Å². The summed E-state index contributed by atoms with van der Waals surface area (Å²) < 4.78 is 10.1. The highest BCUT2D eigenvalue weighted by atomic mass is 16.7. The molecule has 0 fully saturated rings. The molecule has 0 heterocycles. The Hall–Kier alpha value is -0.730. The summed E-state index contributed by atoms with van der Waals surface area (Å²) in [6.45, 7) is 4.52. The highest BCUT2D eigenvalue weighted by molar-refractivity contribution is 5.59. The maximum Gasteiger partial charge on any atom is 0.508 e. The van der Waals surface area contributed by atoms with Crippen LogP contribution in [0.4, 0.5) is 4.79 Å². The van der Waals surface area contributed by atoms with Gasteiger partial charge in [0.15, 0.2) is 0 Å². The largest absolute Gasteiger partial charge is 0.508 e. The molecule has 0 aromatic rings. The Morgan fingerprint density at radius 3 is 1.31 bits per heavy atom. The van der Waals surface area contributed by atoms with E-state index in [0.29, 0.717) is 0 Å². The van der Waals surface area contributed by atoms with E-state index >= 15 is 0 Å². The fourth-order valence-corrected chi connectivity index (χ4v) is 3.46. The van der Waals surface area contributed by atoms with Crippen LogP contribution in [0.3, 0.4) is 0 Å². The Morgan fingerprint density at radius 2 is 0.962 bits per heavy atom. The van der Waals surface area contributed by atoms with Gasteiger partial charge < -0.3 is 9.47 Å². The molecular weight excluding hydrogens is 324 g/mol. The molecule has 0 saturated heterocycles. The van der Waals surface area contributed by atoms with E-state index in [4.69, 9.17) is 4.74 Å². The lowest BCUT2D eigenvalue weighted by Crippen LogP contribution is -2.18. The average Bonchev–Trinajstić information content (AvgIpc) is 2.65. The van der Waals surface area contributed by atoms with Crippen LogP contribution in [-0.4, -0.2) is 19.4 Å². The molecular formula is C23H46O3. The molecule has 3 nitrogen and oxygen atoms in total. The minimum absolute atomic E-state index is 0.0441. The normalized spacial score (nSPS) is 11.1. The first-order valence-electron chi connectivity index (χ1n) is 11.5. The zero-order chi connectivity index (χ0) is 19.3. The van der Waals surface area contributed by atoms with Gasteiger partial charge in [-0.25, -0.2) is 4.79 Å². The first kappa shape index (κ1) is 25.3. The van der Waals surface area contributed by atoms with Crippen molar-refractivity contribution in [2.24, 2.45) is 0 Å². The average molecular weight is 371 g/mol. The summed E-state index contributed by atoms with van der Waals surface area (Å²) in [6, 6.07) is 0. The van der Waals surface area contributed by atoms with Crippen molar-refractivity contribution < 1.29 is 14.3 Å². The Morgan fingerprint density at radius 1 is 0.615 bits per heavy atom. The minimum Gasteiger partial charge on any atom is -0.438 e. The van der Waals surface area contributed by atoms with Crippen molar-refractivity contribution in [3.63, 3.8) is 0 Å². The van der Waals surface area contributed by atoms with E-state index in [2.05, 4.69) is 18.6 Å². The van der Waals surface area contributed by atoms with Crippen molar-refractivity contribution >= 4 is 6.16 Å². The molecule has 0 aliphatic rings. The zero-order valence-electron chi connectivity index (χ0n) is 18.0. The van der Waals surface area contributed by atoms with Crippen LogP contribution in [0.1, 0.15) is 129 Å². The summed E-state index contributed by atoms with van der Waals surface area (Å²) in [5.41, 5.74) is 0. The Balaban J connectivity index is 3.72. The molecule has 0 radical (unpaired) electrons. The topological polar surface area (TPSA) is 35.5 Å². The SMILES string of the molecule is CCCCCCCCCCC(CCCCCCCCCC)OC(=O)OC. The molecule has 0 unspecified atom stereocenters. The lowest BCUT2D eigenvalue weighted by molar-refractivity contribution is 0.0287. The van der Waals surface area contributed by atoms with Gasteiger partial charge in [-0.1, -0.05) is 104 Å². The predicted molar refractivity (Wildman–Crippen MR) is 112 cm³/mol. The Labute approximate surface area is 163 Å². The molecule has 0 N–H and O–H groups in total. The number of hydrogen-bond acceptors (Lipinski definition) is 3. The summed E-state index contributed by atoms with van der Waals surface area (Å²) in [6.07, 6.45) is 22.5. The molecule has 0 aromatic heterocycles. The van der Waals surface area contributed by atoms with Crippen LogP contribution in [-0.2, 0) is 9.47 Å². The van der Waals surface area contributed by atoms with Gasteiger partial charge in [0.25, 0.3) is 0 Å². The van der Waals surface area contributed by atoms with E-state index in [1.54, 1.807) is 0 Å². The second-order valence-electron chi connectivity index (χ2n) is 7.72. The molecule has 26 heavy (non-hydrogen) atoms. The highest BCUT2D eigenvalue weighted by Gasteiger charge is 2.14. The first-order chi connectivity index (χ1) is 12.7. The molecule has 0 rings (SSSR count). The van der Waals surface area contributed by atoms with E-state index in [1.807, 2.05) is 0 Å². The van der Waals surface area contributed by atoms with Crippen molar-refractivity contribution in [1.82, 2.24) is 0 Å². The molecule has 0 aliphatic carbocycles. The number of hydrogen-bond donors (Lipinski definition) is 0. The van der Waals surface area contributed by atoms with Gasteiger partial charge in [-0.05, 0) is 25.7 Å². The molecule has 0 aliphatic heterocycles. The maximum absolute atomic E-state index is 11.4. The van der Waals surface area contributed by atoms with E-state index < -0.39 is 6.16 Å². The lowest BCUT2D eigenvalue weighted by Gasteiger charge is -2.17. The second-order valence-corrected chi connectivity index (χ2v) is 7.72. The van der Waals surface area contributed by atoms with Gasteiger partial charge in [0.05, 0.1) is 7.11 Å². The summed E-state index contributed by atoms with van der Waals surface area (Å²) in [7, 11) is 1.39. The van der Waals surface area contributed by atoms with Gasteiger partial charge in [0.1, 0.15) is 6.10 Å². The van der Waals surface area contributed by atoms with Gasteiger partial charge in [-0.2, -0.15) is 0 Å². The van der Waals surface area contributed by atoms with Crippen LogP contribution in [0.2, 0.25) is 0 Å². The number of rotatable bonds is 19. The van der Waals surface area contributed by atoms with Crippen LogP contribution < -0.4 is 0 Å². The van der Waals surface area contributed by atoms with Crippen molar-refractivity contribution in [2.45, 2.75) is 136 Å². The van der Waals surface area contributed by atoms with Crippen LogP contribution in [0.25, 0.3) is 0 Å². The number of carbonyl (C=O) groups excluding carboxylic acids is 1. The third-order valence-corrected chi connectivity index (χ3v) is 5.19. The zero-order valence-corrected chi connectivity index (χ0v) is 18.0. The molecule has 0 aromatic carbocycles. The van der Waals surface area contributed by atoms with Gasteiger partial charge >= 0.3 is 6.16 Å². The number of unbranched alkanes of at least 4 members (excludes halogenated alkanes) is 14. The van der Waals surface area contributed by atoms with Gasteiger partial charge in [0.2, 0.25) is 0 Å². The second kappa shape index (κ2) is 20.6. The molecule has 0 atom stereocenters. The Kier molecular flexibility index (Phi) is 20.0. The van der Waals surface area contributed by atoms with Gasteiger partial charge in [-0.15, -0.1) is 0 Å². The van der Waals surface area contributed by atoms with Gasteiger partial charge in [0, 0.05) is 0 Å². The first-order valence-corrected chi connectivity index (χ1v) is 11.5. The van der Waals surface area contributed by atoms with Crippen molar-refractivity contribution in [3.05, 3.63) is 0 Å². The monoisotopic (exact) mass is 370 g/mol. The molecule has 156 valence electrons. The molecule has 0 saturated carbocycles. The van der Waals surface area contributed by atoms with Gasteiger partial charge in [-0.3, -0.25) is 0 Å². The van der Waals surface area contributed by atoms with Crippen LogP contribution >= 0.6 is 0 Å². The molecule has 0 spiro atoms. The third-order valence-electron chi connectivity index (χ3n) is 5.19. The fraction of sp³-hybridized carbons (Fsp3) is 0.957. The predicted octanol–water partition coefficient (Wildman–Crippen LogP) is 8.20. The molecule has 0 amide bonds. The van der Waals surface area contributed by atoms with E-state index in [9.17, 15) is 4.79 Å². The number of ether oxygens (including phenoxy) is 2. The van der Waals surface area contributed by atoms with E-state index in [1.165, 1.54) is 97.0 Å². The lowest BCUT2D eigenvalue weighted by atomic mass is 10.0. The standard InChI is InChI=1S/C23H46O3/c1-4-6-8-10-12-14-16-18-20-22(26-23(24)25-3)21-19-17-15-13-11-9-7-5-2/h22H,4-21H2,1-3H3. The van der Waals surface area contributed by atoms with E-state index in [-0.39, 0.29) is 6.10 Å². The maximum atomic E-state index is 11.4. The quantitative estimate of drug-likeness (QED) is 0.170. The summed E-state index contributed by atoms with van der Waals surface area (Å²) in [4.78, 5) is 11.4. The van der Waals surface area contributed by atoms with Crippen LogP contribution in [0.15, 0.2) is 0 Å². The van der Waals surface area contributed by atoms with E-state index in [0.717, 1.165) is 25.7 Å². The number of methoxy groups -OCH3 is 1. The minimum atomic E-state index is -0.519. The van der Waals surface area contributed by atoms with Crippen molar-refractivity contribution in [1.29, 1.82) is 0 Å². The van der Waals surface area contributed by atoms with Crippen LogP contribution in [0, 0.1) is 0 Å². The molecule has 3 heteroatoms. The van der Waals surface area contributed by atoms with Crippen LogP contribution in [0.5, 0.6) is 0 Å². The summed E-state index contributed by atoms with van der Waals surface area (Å²) in [5, 5.41) is 0.